The summed E-state index contributed by atoms with van der Waals surface area (Å²) in [6.45, 7) is 1.55. The van der Waals surface area contributed by atoms with Gasteiger partial charge in [-0.3, -0.25) is 0 Å². The van der Waals surface area contributed by atoms with Crippen LogP contribution in [0.5, 0.6) is 0 Å². The van der Waals surface area contributed by atoms with Gasteiger partial charge in [0.25, 0.3) is 0 Å². The zero-order valence-corrected chi connectivity index (χ0v) is 9.58. The normalized spacial score (nSPS) is 10.4. The predicted molar refractivity (Wildman–Crippen MR) is 63.5 cm³/mol. The summed E-state index contributed by atoms with van der Waals surface area (Å²) in [5, 5.41) is 8.76. The van der Waals surface area contributed by atoms with E-state index < -0.39 is 17.6 Å². The maximum absolute atomic E-state index is 13.6. The number of carbonyl (C=O) groups is 1. The van der Waals surface area contributed by atoms with Crippen LogP contribution < -0.4 is 0 Å². The Hall–Kier alpha value is -2.23. The third-order valence-electron chi connectivity index (χ3n) is 2.69. The second kappa shape index (κ2) is 4.56. The van der Waals surface area contributed by atoms with Crippen molar-refractivity contribution in [1.29, 1.82) is 0 Å². The molecule has 2 nitrogen and oxygen atoms in total. The summed E-state index contributed by atoms with van der Waals surface area (Å²) >= 11 is 0. The zero-order chi connectivity index (χ0) is 13.3. The number of hydrogen-bond donors (Lipinski definition) is 1. The molecule has 0 bridgehead atoms. The van der Waals surface area contributed by atoms with Crippen molar-refractivity contribution < 1.29 is 18.7 Å². The highest BCUT2D eigenvalue weighted by molar-refractivity contribution is 5.88. The molecule has 0 saturated carbocycles. The molecule has 4 heteroatoms. The van der Waals surface area contributed by atoms with Gasteiger partial charge in [-0.2, -0.15) is 0 Å². The Morgan fingerprint density at radius 3 is 2.22 bits per heavy atom. The highest BCUT2D eigenvalue weighted by atomic mass is 19.1. The summed E-state index contributed by atoms with van der Waals surface area (Å²) < 4.78 is 26.7. The lowest BCUT2D eigenvalue weighted by atomic mass is 10.0. The minimum absolute atomic E-state index is 0.123. The van der Waals surface area contributed by atoms with Gasteiger partial charge in [-0.15, -0.1) is 0 Å². The predicted octanol–water partition coefficient (Wildman–Crippen LogP) is 3.64. The molecule has 1 N–H and O–H groups in total. The Bertz CT molecular complexity index is 604. The highest BCUT2D eigenvalue weighted by Gasteiger charge is 2.10. The van der Waals surface area contributed by atoms with Crippen LogP contribution in [-0.2, 0) is 0 Å². The molecule has 0 radical (unpaired) electrons. The van der Waals surface area contributed by atoms with Gasteiger partial charge in [-0.1, -0.05) is 12.1 Å². The van der Waals surface area contributed by atoms with E-state index in [0.29, 0.717) is 11.1 Å². The van der Waals surface area contributed by atoms with E-state index >= 15 is 0 Å². The van der Waals surface area contributed by atoms with Gasteiger partial charge in [0, 0.05) is 11.6 Å². The van der Waals surface area contributed by atoms with Crippen LogP contribution in [0.25, 0.3) is 11.1 Å². The van der Waals surface area contributed by atoms with Crippen molar-refractivity contribution in [3.8, 4) is 11.1 Å². The maximum atomic E-state index is 13.6. The fourth-order valence-corrected chi connectivity index (χ4v) is 1.67. The van der Waals surface area contributed by atoms with Crippen molar-refractivity contribution >= 4 is 5.97 Å². The van der Waals surface area contributed by atoms with Crippen LogP contribution in [0.15, 0.2) is 36.4 Å². The largest absolute Gasteiger partial charge is 0.478 e. The molecule has 0 aromatic heterocycles. The molecule has 0 unspecified atom stereocenters. The van der Waals surface area contributed by atoms with Gasteiger partial charge in [0.1, 0.15) is 11.6 Å². The zero-order valence-electron chi connectivity index (χ0n) is 9.58. The molecule has 92 valence electrons. The van der Waals surface area contributed by atoms with Crippen LogP contribution in [0.1, 0.15) is 15.9 Å². The molecule has 2 aromatic rings. The number of aromatic carboxylic acids is 1. The number of hydrogen-bond acceptors (Lipinski definition) is 1. The smallest absolute Gasteiger partial charge is 0.335 e. The van der Waals surface area contributed by atoms with Crippen LogP contribution in [0.3, 0.4) is 0 Å². The number of carboxylic acid groups (broad SMARTS) is 1. The van der Waals surface area contributed by atoms with Gasteiger partial charge in [0.05, 0.1) is 5.56 Å². The molecule has 0 aliphatic heterocycles. The Balaban J connectivity index is 2.49. The molecule has 0 saturated heterocycles. The van der Waals surface area contributed by atoms with E-state index in [2.05, 4.69) is 0 Å². The Kier molecular flexibility index (Phi) is 3.10. The van der Waals surface area contributed by atoms with Crippen LogP contribution in [0.2, 0.25) is 0 Å². The number of halogens is 2. The van der Waals surface area contributed by atoms with Crippen molar-refractivity contribution in [3.63, 3.8) is 0 Å². The first-order valence-corrected chi connectivity index (χ1v) is 5.28. The van der Waals surface area contributed by atoms with Crippen LogP contribution in [0.4, 0.5) is 8.78 Å². The van der Waals surface area contributed by atoms with E-state index in [4.69, 9.17) is 5.11 Å². The Labute approximate surface area is 103 Å². The third kappa shape index (κ3) is 2.22. The van der Waals surface area contributed by atoms with E-state index in [1.165, 1.54) is 30.3 Å². The summed E-state index contributed by atoms with van der Waals surface area (Å²) in [6, 6.07) is 8.00. The van der Waals surface area contributed by atoms with Crippen molar-refractivity contribution in [1.82, 2.24) is 0 Å². The Morgan fingerprint density at radius 2 is 1.67 bits per heavy atom. The molecule has 2 rings (SSSR count). The van der Waals surface area contributed by atoms with E-state index in [1.54, 1.807) is 6.92 Å². The molecule has 18 heavy (non-hydrogen) atoms. The Morgan fingerprint density at radius 1 is 1.06 bits per heavy atom. The molecule has 0 atom stereocenters. The van der Waals surface area contributed by atoms with Crippen molar-refractivity contribution in [2.24, 2.45) is 0 Å². The van der Waals surface area contributed by atoms with E-state index in [-0.39, 0.29) is 11.1 Å². The molecule has 0 spiro atoms. The average molecular weight is 248 g/mol. The molecular weight excluding hydrogens is 238 g/mol. The first-order valence-electron chi connectivity index (χ1n) is 5.28. The molecule has 2 aromatic carbocycles. The SMILES string of the molecule is Cc1cc(-c2ccc(C(=O)O)cc2)c(F)cc1F. The number of aryl methyl sites for hydroxylation is 1. The van der Waals surface area contributed by atoms with E-state index in [9.17, 15) is 13.6 Å². The quantitative estimate of drug-likeness (QED) is 0.880. The highest BCUT2D eigenvalue weighted by Crippen LogP contribution is 2.25. The van der Waals surface area contributed by atoms with Crippen LogP contribution in [-0.4, -0.2) is 11.1 Å². The number of rotatable bonds is 2. The second-order valence-electron chi connectivity index (χ2n) is 3.96. The van der Waals surface area contributed by atoms with Crippen LogP contribution in [0, 0.1) is 18.6 Å². The molecule has 0 heterocycles. The molecule has 0 aliphatic rings. The number of carboxylic acids is 1. The van der Waals surface area contributed by atoms with Gasteiger partial charge in [-0.05, 0) is 36.2 Å². The van der Waals surface area contributed by atoms with Gasteiger partial charge in [0.15, 0.2) is 0 Å². The minimum Gasteiger partial charge on any atom is -0.478 e. The summed E-state index contributed by atoms with van der Waals surface area (Å²) in [4.78, 5) is 10.7. The lowest BCUT2D eigenvalue weighted by molar-refractivity contribution is 0.0697. The first kappa shape index (κ1) is 12.2. The standard InChI is InChI=1S/C14H10F2O2/c1-8-6-11(13(16)7-12(8)15)9-2-4-10(5-3-9)14(17)18/h2-7H,1H3,(H,17,18). The summed E-state index contributed by atoms with van der Waals surface area (Å²) in [7, 11) is 0. The average Bonchev–Trinajstić information content (AvgIpc) is 2.34. The molecule has 0 fully saturated rings. The van der Waals surface area contributed by atoms with Gasteiger partial charge >= 0.3 is 5.97 Å². The lowest BCUT2D eigenvalue weighted by Gasteiger charge is -2.06. The fourth-order valence-electron chi connectivity index (χ4n) is 1.67. The molecular formula is C14H10F2O2. The van der Waals surface area contributed by atoms with Gasteiger partial charge in [0.2, 0.25) is 0 Å². The molecule has 0 aliphatic carbocycles. The van der Waals surface area contributed by atoms with Crippen molar-refractivity contribution in [2.45, 2.75) is 6.92 Å². The monoisotopic (exact) mass is 248 g/mol. The topological polar surface area (TPSA) is 37.3 Å². The summed E-state index contributed by atoms with van der Waals surface area (Å²) in [5.74, 6) is -2.31. The first-order chi connectivity index (χ1) is 8.49. The summed E-state index contributed by atoms with van der Waals surface area (Å²) in [5.41, 5.74) is 1.23. The van der Waals surface area contributed by atoms with Gasteiger partial charge < -0.3 is 5.11 Å². The minimum atomic E-state index is -1.04. The van der Waals surface area contributed by atoms with E-state index in [0.717, 1.165) is 6.07 Å². The second-order valence-corrected chi connectivity index (χ2v) is 3.96. The lowest BCUT2D eigenvalue weighted by Crippen LogP contribution is -1.96. The molecule has 0 amide bonds. The fraction of sp³-hybridized carbons (Fsp3) is 0.0714. The summed E-state index contributed by atoms with van der Waals surface area (Å²) in [6.07, 6.45) is 0. The van der Waals surface area contributed by atoms with Crippen molar-refractivity contribution in [3.05, 3.63) is 59.2 Å². The van der Waals surface area contributed by atoms with E-state index in [1.807, 2.05) is 0 Å². The van der Waals surface area contributed by atoms with Crippen molar-refractivity contribution in [2.75, 3.05) is 0 Å². The third-order valence-corrected chi connectivity index (χ3v) is 2.69. The van der Waals surface area contributed by atoms with Crippen LogP contribution >= 0.6 is 0 Å². The number of benzene rings is 2. The maximum Gasteiger partial charge on any atom is 0.335 e. The van der Waals surface area contributed by atoms with Gasteiger partial charge in [-0.25, -0.2) is 13.6 Å².